The Bertz CT molecular complexity index is 304. The number of allylic oxidation sites excluding steroid dienone is 1. The maximum atomic E-state index is 11.0. The van der Waals surface area contributed by atoms with Crippen molar-refractivity contribution in [1.82, 2.24) is 0 Å². The van der Waals surface area contributed by atoms with Crippen LogP contribution in [-0.4, -0.2) is 18.6 Å². The summed E-state index contributed by atoms with van der Waals surface area (Å²) in [5.74, 6) is -0.494. The van der Waals surface area contributed by atoms with Crippen molar-refractivity contribution in [2.45, 2.75) is 19.9 Å². The first-order valence-electron chi connectivity index (χ1n) is 3.80. The molecule has 0 aliphatic heterocycles. The molecule has 0 aliphatic rings. The van der Waals surface area contributed by atoms with Crippen molar-refractivity contribution in [3.8, 4) is 5.63 Å². The van der Waals surface area contributed by atoms with E-state index >= 15 is 0 Å². The molecule has 0 aromatic carbocycles. The van der Waals surface area contributed by atoms with Crippen LogP contribution in [0.5, 0.6) is 0 Å². The third-order valence-corrected chi connectivity index (χ3v) is 1.65. The molecule has 5 heteroatoms. The summed E-state index contributed by atoms with van der Waals surface area (Å²) < 4.78 is 14.7. The molecule has 0 spiro atoms. The van der Waals surface area contributed by atoms with Crippen molar-refractivity contribution in [2.24, 2.45) is 5.73 Å². The summed E-state index contributed by atoms with van der Waals surface area (Å²) in [6, 6.07) is -0.811. The molecule has 4 nitrogen and oxygen atoms in total. The first kappa shape index (κ1) is 12.2. The molecule has 0 saturated carbocycles. The Morgan fingerprint density at radius 2 is 2.38 bits per heavy atom. The summed E-state index contributed by atoms with van der Waals surface area (Å²) in [6.45, 7) is 3.66. The number of esters is 1. The number of hydrogen-bond acceptors (Lipinski definition) is 4. The molecule has 0 bridgehead atoms. The van der Waals surface area contributed by atoms with Gasteiger partial charge in [0.1, 0.15) is 0 Å². The minimum atomic E-state index is -0.811. The van der Waals surface area contributed by atoms with Crippen LogP contribution in [0.1, 0.15) is 13.8 Å². The third kappa shape index (κ3) is 5.42. The molecule has 2 N–H and O–H groups in total. The first-order chi connectivity index (χ1) is 6.11. The van der Waals surface area contributed by atoms with Crippen LogP contribution in [0.3, 0.4) is 0 Å². The van der Waals surface area contributed by atoms with Crippen molar-refractivity contribution in [3.63, 3.8) is 0 Å². The summed E-state index contributed by atoms with van der Waals surface area (Å²) in [5, 5.41) is 0. The van der Waals surface area contributed by atoms with Gasteiger partial charge in [-0.3, -0.25) is 0 Å². The number of hydrogen-bond donors (Lipinski definition) is 1. The summed E-state index contributed by atoms with van der Waals surface area (Å²) in [7, 11) is -0.221. The molecular weight excluding hydrogens is 189 g/mol. The molecule has 0 heterocycles. The van der Waals surface area contributed by atoms with Crippen LogP contribution in [0.4, 0.5) is 0 Å². The van der Waals surface area contributed by atoms with Crippen molar-refractivity contribution in [1.29, 1.82) is 0 Å². The number of nitrogens with two attached hydrogens (primary N) is 1. The third-order valence-electron chi connectivity index (χ3n) is 1.21. The van der Waals surface area contributed by atoms with E-state index in [1.807, 2.05) is 0 Å². The summed E-state index contributed by atoms with van der Waals surface area (Å²) in [5.41, 5.74) is 8.47. The van der Waals surface area contributed by atoms with E-state index in [4.69, 9.17) is 5.73 Å². The van der Waals surface area contributed by atoms with Crippen LogP contribution < -0.4 is 5.73 Å². The van der Waals surface area contributed by atoms with E-state index < -0.39 is 12.0 Å². The van der Waals surface area contributed by atoms with E-state index in [-0.39, 0.29) is 7.92 Å². The van der Waals surface area contributed by atoms with Crippen molar-refractivity contribution >= 4 is 13.9 Å². The second-order valence-electron chi connectivity index (χ2n) is 2.33. The van der Waals surface area contributed by atoms with E-state index in [0.29, 0.717) is 12.2 Å². The number of carbonyl (C=O) groups is 1. The van der Waals surface area contributed by atoms with Crippen LogP contribution in [-0.2, 0) is 14.1 Å². The van der Waals surface area contributed by atoms with Gasteiger partial charge >= 0.3 is 77.5 Å². The Morgan fingerprint density at radius 1 is 1.77 bits per heavy atom. The van der Waals surface area contributed by atoms with Crippen molar-refractivity contribution < 1.29 is 14.1 Å². The average Bonchev–Trinajstić information content (AvgIpc) is 2.05. The van der Waals surface area contributed by atoms with Crippen LogP contribution in [0, 0.1) is 5.63 Å². The predicted octanol–water partition coefficient (Wildman–Crippen LogP) is 1.07. The van der Waals surface area contributed by atoms with Crippen LogP contribution in [0.15, 0.2) is 11.6 Å². The first-order valence-corrected chi connectivity index (χ1v) is 4.62. The van der Waals surface area contributed by atoms with Gasteiger partial charge in [-0.2, -0.15) is 0 Å². The number of ether oxygens (including phenoxy) is 1. The number of carbonyl (C=O) groups excluding carboxylic acids is 1. The van der Waals surface area contributed by atoms with E-state index in [0.717, 1.165) is 0 Å². The van der Waals surface area contributed by atoms with Gasteiger partial charge in [-0.25, -0.2) is 0 Å². The Morgan fingerprint density at radius 3 is 2.85 bits per heavy atom. The topological polar surface area (TPSA) is 69.4 Å². The molecule has 0 amide bonds. The molecule has 72 valence electrons. The minimum absolute atomic E-state index is 0.221. The fourth-order valence-electron chi connectivity index (χ4n) is 0.685. The SMILES string of the molecule is CCOC(=O)[C@H](N)/C=C(\C)C#P=O. The molecule has 0 aliphatic carbocycles. The van der Waals surface area contributed by atoms with Gasteiger partial charge in [0.2, 0.25) is 0 Å². The molecule has 13 heavy (non-hydrogen) atoms. The molecule has 0 aromatic heterocycles. The van der Waals surface area contributed by atoms with Gasteiger partial charge in [0.25, 0.3) is 0 Å². The zero-order valence-electron chi connectivity index (χ0n) is 7.61. The molecule has 0 aromatic rings. The Labute approximate surface area is 78.3 Å². The van der Waals surface area contributed by atoms with Gasteiger partial charge in [0.05, 0.1) is 0 Å². The fraction of sp³-hybridized carbons (Fsp3) is 0.500. The average molecular weight is 201 g/mol. The van der Waals surface area contributed by atoms with Gasteiger partial charge in [-0.05, 0) is 0 Å². The molecule has 0 radical (unpaired) electrons. The summed E-state index contributed by atoms with van der Waals surface area (Å²) in [4.78, 5) is 11.0. The van der Waals surface area contributed by atoms with Crippen molar-refractivity contribution in [3.05, 3.63) is 11.6 Å². The van der Waals surface area contributed by atoms with Gasteiger partial charge < -0.3 is 0 Å². The molecule has 0 rings (SSSR count). The van der Waals surface area contributed by atoms with Crippen LogP contribution in [0.25, 0.3) is 0 Å². The van der Waals surface area contributed by atoms with E-state index in [9.17, 15) is 9.36 Å². The van der Waals surface area contributed by atoms with Crippen LogP contribution >= 0.6 is 7.92 Å². The fourth-order valence-corrected chi connectivity index (χ4v) is 0.904. The number of rotatable bonds is 3. The maximum absolute atomic E-state index is 11.0. The Hall–Kier alpha value is -0.820. The zero-order valence-corrected chi connectivity index (χ0v) is 8.51. The molecule has 1 atom stereocenters. The van der Waals surface area contributed by atoms with Gasteiger partial charge in [0, 0.05) is 0 Å². The molecule has 0 unspecified atom stereocenters. The second kappa shape index (κ2) is 6.67. The zero-order chi connectivity index (χ0) is 10.3. The predicted molar refractivity (Wildman–Crippen MR) is 49.9 cm³/mol. The van der Waals surface area contributed by atoms with Crippen molar-refractivity contribution in [2.75, 3.05) is 6.61 Å². The molecule has 0 fully saturated rings. The monoisotopic (exact) mass is 201 g/mol. The summed E-state index contributed by atoms with van der Waals surface area (Å²) in [6.07, 6.45) is 1.45. The summed E-state index contributed by atoms with van der Waals surface area (Å²) >= 11 is 0. The van der Waals surface area contributed by atoms with Gasteiger partial charge in [-0.1, -0.05) is 0 Å². The molecular formula is C8H12NO3P. The van der Waals surface area contributed by atoms with Gasteiger partial charge in [-0.15, -0.1) is 0 Å². The van der Waals surface area contributed by atoms with E-state index in [1.54, 1.807) is 13.8 Å². The second-order valence-corrected chi connectivity index (χ2v) is 2.74. The van der Waals surface area contributed by atoms with E-state index in [2.05, 4.69) is 10.4 Å². The standard InChI is InChI=1S/C8H12NO3P/c1-3-12-8(10)7(9)4-6(2)5-13-11/h4,7H,3,9H2,1-2H3/b6-4+/t7-/m1/s1. The normalized spacial score (nSPS) is 13.0. The van der Waals surface area contributed by atoms with E-state index in [1.165, 1.54) is 6.08 Å². The van der Waals surface area contributed by atoms with Gasteiger partial charge in [0.15, 0.2) is 0 Å². The Balaban J connectivity index is 4.33. The molecule has 0 saturated heterocycles. The van der Waals surface area contributed by atoms with Crippen LogP contribution in [0.2, 0.25) is 0 Å². The quantitative estimate of drug-likeness (QED) is 0.547. The Kier molecular flexibility index (Phi) is 6.25.